The summed E-state index contributed by atoms with van der Waals surface area (Å²) in [5.41, 5.74) is 1.51. The van der Waals surface area contributed by atoms with Gasteiger partial charge in [0.1, 0.15) is 5.82 Å². The predicted octanol–water partition coefficient (Wildman–Crippen LogP) is 3.04. The van der Waals surface area contributed by atoms with Gasteiger partial charge in [-0.05, 0) is 43.9 Å². The highest BCUT2D eigenvalue weighted by Crippen LogP contribution is 2.23. The number of hydrogen-bond acceptors (Lipinski definition) is 5. The van der Waals surface area contributed by atoms with E-state index in [1.54, 1.807) is 18.5 Å². The van der Waals surface area contributed by atoms with Crippen molar-refractivity contribution in [2.24, 2.45) is 5.92 Å². The highest BCUT2D eigenvalue weighted by Gasteiger charge is 2.26. The SMILES string of the molecule is CCOCCCNC(=O)[C@H]1CCCN(c2ncc(-c3cccc(F)c3)cn2)C1. The Morgan fingerprint density at radius 1 is 1.32 bits per heavy atom. The Hall–Kier alpha value is -2.54. The first-order chi connectivity index (χ1) is 13.7. The summed E-state index contributed by atoms with van der Waals surface area (Å²) in [6, 6.07) is 6.37. The van der Waals surface area contributed by atoms with Crippen LogP contribution in [-0.2, 0) is 9.53 Å². The molecule has 0 bridgehead atoms. The van der Waals surface area contributed by atoms with Crippen LogP contribution in [0.1, 0.15) is 26.2 Å². The van der Waals surface area contributed by atoms with Crippen LogP contribution in [0.5, 0.6) is 0 Å². The van der Waals surface area contributed by atoms with Crippen LogP contribution in [-0.4, -0.2) is 48.7 Å². The number of carbonyl (C=O) groups is 1. The maximum atomic E-state index is 13.4. The summed E-state index contributed by atoms with van der Waals surface area (Å²) in [6.45, 7) is 5.39. The molecule has 2 heterocycles. The Balaban J connectivity index is 1.55. The largest absolute Gasteiger partial charge is 0.382 e. The van der Waals surface area contributed by atoms with Gasteiger partial charge in [-0.1, -0.05) is 12.1 Å². The summed E-state index contributed by atoms with van der Waals surface area (Å²) in [5.74, 6) is 0.339. The van der Waals surface area contributed by atoms with Crippen molar-refractivity contribution >= 4 is 11.9 Å². The zero-order chi connectivity index (χ0) is 19.8. The Morgan fingerprint density at radius 2 is 2.14 bits per heavy atom. The molecule has 1 atom stereocenters. The third-order valence-electron chi connectivity index (χ3n) is 4.84. The summed E-state index contributed by atoms with van der Waals surface area (Å²) in [7, 11) is 0. The molecule has 1 N–H and O–H groups in total. The molecule has 1 saturated heterocycles. The van der Waals surface area contributed by atoms with E-state index >= 15 is 0 Å². The molecule has 7 heteroatoms. The highest BCUT2D eigenvalue weighted by atomic mass is 19.1. The van der Waals surface area contributed by atoms with Gasteiger partial charge in [0, 0.05) is 50.8 Å². The molecule has 150 valence electrons. The molecule has 1 aliphatic heterocycles. The molecule has 1 aromatic carbocycles. The fourth-order valence-corrected chi connectivity index (χ4v) is 3.35. The van der Waals surface area contributed by atoms with E-state index in [9.17, 15) is 9.18 Å². The molecule has 1 aliphatic rings. The smallest absolute Gasteiger partial charge is 0.225 e. The van der Waals surface area contributed by atoms with E-state index in [2.05, 4.69) is 15.3 Å². The number of aromatic nitrogens is 2. The van der Waals surface area contributed by atoms with Crippen LogP contribution in [0, 0.1) is 11.7 Å². The van der Waals surface area contributed by atoms with Crippen LogP contribution in [0.2, 0.25) is 0 Å². The van der Waals surface area contributed by atoms with Gasteiger partial charge in [-0.3, -0.25) is 4.79 Å². The molecule has 3 rings (SSSR count). The number of nitrogens with one attached hydrogen (secondary N) is 1. The van der Waals surface area contributed by atoms with E-state index in [0.717, 1.165) is 36.9 Å². The monoisotopic (exact) mass is 386 g/mol. The molecule has 2 aromatic rings. The Morgan fingerprint density at radius 3 is 2.89 bits per heavy atom. The lowest BCUT2D eigenvalue weighted by Gasteiger charge is -2.32. The average Bonchev–Trinajstić information content (AvgIpc) is 2.74. The first-order valence-electron chi connectivity index (χ1n) is 9.85. The number of amides is 1. The second kappa shape index (κ2) is 10.1. The molecule has 1 fully saturated rings. The molecular formula is C21H27FN4O2. The lowest BCUT2D eigenvalue weighted by Crippen LogP contribution is -2.44. The van der Waals surface area contributed by atoms with Gasteiger partial charge >= 0.3 is 0 Å². The molecule has 0 aliphatic carbocycles. The molecule has 0 radical (unpaired) electrons. The van der Waals surface area contributed by atoms with Crippen molar-refractivity contribution in [2.75, 3.05) is 37.7 Å². The lowest BCUT2D eigenvalue weighted by molar-refractivity contribution is -0.125. The first kappa shape index (κ1) is 20.2. The second-order valence-electron chi connectivity index (χ2n) is 6.91. The van der Waals surface area contributed by atoms with Crippen LogP contribution in [0.15, 0.2) is 36.7 Å². The van der Waals surface area contributed by atoms with Gasteiger partial charge in [-0.25, -0.2) is 14.4 Å². The summed E-state index contributed by atoms with van der Waals surface area (Å²) in [5, 5.41) is 3.00. The Kier molecular flexibility index (Phi) is 7.31. The zero-order valence-corrected chi connectivity index (χ0v) is 16.2. The minimum Gasteiger partial charge on any atom is -0.382 e. The lowest BCUT2D eigenvalue weighted by atomic mass is 9.97. The summed E-state index contributed by atoms with van der Waals surface area (Å²) in [6.07, 6.45) is 6.02. The van der Waals surface area contributed by atoms with Gasteiger partial charge in [-0.15, -0.1) is 0 Å². The van der Waals surface area contributed by atoms with Gasteiger partial charge in [0.2, 0.25) is 11.9 Å². The van der Waals surface area contributed by atoms with Gasteiger partial charge < -0.3 is 15.0 Å². The maximum Gasteiger partial charge on any atom is 0.225 e. The van der Waals surface area contributed by atoms with E-state index < -0.39 is 0 Å². The number of nitrogens with zero attached hydrogens (tertiary/aromatic N) is 3. The summed E-state index contributed by atoms with van der Waals surface area (Å²) >= 11 is 0. The molecule has 28 heavy (non-hydrogen) atoms. The van der Waals surface area contributed by atoms with Gasteiger partial charge in [-0.2, -0.15) is 0 Å². The van der Waals surface area contributed by atoms with Crippen molar-refractivity contribution < 1.29 is 13.9 Å². The molecule has 6 nitrogen and oxygen atoms in total. The van der Waals surface area contributed by atoms with Crippen molar-refractivity contribution in [1.29, 1.82) is 0 Å². The fourth-order valence-electron chi connectivity index (χ4n) is 3.35. The third-order valence-corrected chi connectivity index (χ3v) is 4.84. The third kappa shape index (κ3) is 5.48. The van der Waals surface area contributed by atoms with Crippen molar-refractivity contribution in [3.63, 3.8) is 0 Å². The van der Waals surface area contributed by atoms with Crippen LogP contribution in [0.3, 0.4) is 0 Å². The van der Waals surface area contributed by atoms with Gasteiger partial charge in [0.25, 0.3) is 0 Å². The normalized spacial score (nSPS) is 16.8. The quantitative estimate of drug-likeness (QED) is 0.707. The number of halogens is 1. The molecule has 1 aromatic heterocycles. The van der Waals surface area contributed by atoms with E-state index in [0.29, 0.717) is 32.3 Å². The summed E-state index contributed by atoms with van der Waals surface area (Å²) < 4.78 is 18.7. The average molecular weight is 386 g/mol. The molecular weight excluding hydrogens is 359 g/mol. The van der Waals surface area contributed by atoms with Crippen LogP contribution in [0.25, 0.3) is 11.1 Å². The van der Waals surface area contributed by atoms with Crippen molar-refractivity contribution in [3.8, 4) is 11.1 Å². The Labute approximate surface area is 165 Å². The van der Waals surface area contributed by atoms with Crippen molar-refractivity contribution in [2.45, 2.75) is 26.2 Å². The predicted molar refractivity (Wildman–Crippen MR) is 106 cm³/mol. The Bertz CT molecular complexity index is 769. The fraction of sp³-hybridized carbons (Fsp3) is 0.476. The summed E-state index contributed by atoms with van der Waals surface area (Å²) in [4.78, 5) is 23.4. The molecule has 0 spiro atoms. The van der Waals surface area contributed by atoms with Crippen LogP contribution in [0.4, 0.5) is 10.3 Å². The number of ether oxygens (including phenoxy) is 1. The number of benzene rings is 1. The van der Waals surface area contributed by atoms with Crippen LogP contribution < -0.4 is 10.2 Å². The van der Waals surface area contributed by atoms with E-state index in [1.165, 1.54) is 12.1 Å². The van der Waals surface area contributed by atoms with E-state index in [1.807, 2.05) is 17.9 Å². The molecule has 0 unspecified atom stereocenters. The van der Waals surface area contributed by atoms with E-state index in [-0.39, 0.29) is 17.6 Å². The minimum absolute atomic E-state index is 0.0626. The van der Waals surface area contributed by atoms with Crippen LogP contribution >= 0.6 is 0 Å². The van der Waals surface area contributed by atoms with E-state index in [4.69, 9.17) is 4.74 Å². The topological polar surface area (TPSA) is 67.3 Å². The standard InChI is InChI=1S/C21H27FN4O2/c1-2-28-11-5-9-23-20(27)17-7-4-10-26(15-17)21-24-13-18(14-25-21)16-6-3-8-19(22)12-16/h3,6,8,12-14,17H,2,4-5,7,9-11,15H2,1H3,(H,23,27)/t17-/m0/s1. The van der Waals surface area contributed by atoms with Gasteiger partial charge in [0.15, 0.2) is 0 Å². The second-order valence-corrected chi connectivity index (χ2v) is 6.91. The number of rotatable bonds is 8. The number of hydrogen-bond donors (Lipinski definition) is 1. The zero-order valence-electron chi connectivity index (χ0n) is 16.2. The number of anilines is 1. The van der Waals surface area contributed by atoms with Crippen molar-refractivity contribution in [1.82, 2.24) is 15.3 Å². The number of piperidine rings is 1. The molecule has 1 amide bonds. The molecule has 0 saturated carbocycles. The highest BCUT2D eigenvalue weighted by molar-refractivity contribution is 5.79. The first-order valence-corrected chi connectivity index (χ1v) is 9.85. The van der Waals surface area contributed by atoms with Gasteiger partial charge in [0.05, 0.1) is 5.92 Å². The van der Waals surface area contributed by atoms with Crippen molar-refractivity contribution in [3.05, 3.63) is 42.5 Å². The maximum absolute atomic E-state index is 13.4. The minimum atomic E-state index is -0.285. The number of carbonyl (C=O) groups excluding carboxylic acids is 1.